The topological polar surface area (TPSA) is 54.0 Å². The van der Waals surface area contributed by atoms with Crippen LogP contribution in [0.2, 0.25) is 0 Å². The maximum atomic E-state index is 11.6. The largest absolute Gasteiger partial charge is 0.466 e. The number of carbonyl (C=O) groups excluding carboxylic acids is 1. The normalized spacial score (nSPS) is 20.3. The van der Waals surface area contributed by atoms with Gasteiger partial charge in [-0.15, -0.1) is 0 Å². The standard InChI is InChI=1S/C18H21Cl3O5S/c1-3-24-16-9-14(25-12(2)22)17(27-13-7-5-4-6-8-13)15(26-16)10-23-11-18(19,20)21/h4-8,14,16H,3,9-11H2,1-2H3/t14-,16+/m1/s1. The summed E-state index contributed by atoms with van der Waals surface area (Å²) in [6.07, 6.45) is -0.675. The van der Waals surface area contributed by atoms with Gasteiger partial charge in [0.25, 0.3) is 0 Å². The number of benzene rings is 1. The average molecular weight is 456 g/mol. The van der Waals surface area contributed by atoms with Crippen molar-refractivity contribution < 1.29 is 23.7 Å². The highest BCUT2D eigenvalue weighted by atomic mass is 35.6. The summed E-state index contributed by atoms with van der Waals surface area (Å²) in [5.41, 5.74) is 0. The highest BCUT2D eigenvalue weighted by Gasteiger charge is 2.34. The molecule has 0 aromatic heterocycles. The molecule has 0 radical (unpaired) electrons. The molecule has 1 aromatic rings. The van der Waals surface area contributed by atoms with Crippen molar-refractivity contribution in [3.63, 3.8) is 0 Å². The fourth-order valence-corrected chi connectivity index (χ4v) is 3.69. The molecule has 150 valence electrons. The predicted octanol–water partition coefficient (Wildman–Crippen LogP) is 5.09. The molecule has 0 N–H and O–H groups in total. The van der Waals surface area contributed by atoms with E-state index in [1.54, 1.807) is 0 Å². The minimum absolute atomic E-state index is 0.0599. The van der Waals surface area contributed by atoms with Gasteiger partial charge in [0.15, 0.2) is 0 Å². The van der Waals surface area contributed by atoms with Gasteiger partial charge in [0.1, 0.15) is 18.5 Å². The molecular formula is C18H21Cl3O5S. The van der Waals surface area contributed by atoms with Crippen molar-refractivity contribution in [2.45, 2.75) is 41.4 Å². The lowest BCUT2D eigenvalue weighted by atomic mass is 10.1. The summed E-state index contributed by atoms with van der Waals surface area (Å²) >= 11 is 18.7. The van der Waals surface area contributed by atoms with Crippen LogP contribution in [0.25, 0.3) is 0 Å². The van der Waals surface area contributed by atoms with Gasteiger partial charge in [-0.1, -0.05) is 64.8 Å². The zero-order valence-electron chi connectivity index (χ0n) is 15.0. The Morgan fingerprint density at radius 3 is 2.59 bits per heavy atom. The Kier molecular flexibility index (Phi) is 9.05. The molecule has 27 heavy (non-hydrogen) atoms. The Hall–Kier alpha value is -0.630. The quantitative estimate of drug-likeness (QED) is 0.402. The summed E-state index contributed by atoms with van der Waals surface area (Å²) in [6.45, 7) is 3.65. The van der Waals surface area contributed by atoms with Crippen LogP contribution in [-0.2, 0) is 23.7 Å². The lowest BCUT2D eigenvalue weighted by Crippen LogP contribution is -2.34. The first-order chi connectivity index (χ1) is 12.8. The van der Waals surface area contributed by atoms with E-state index < -0.39 is 16.2 Å². The van der Waals surface area contributed by atoms with Gasteiger partial charge in [0.2, 0.25) is 10.1 Å². The maximum absolute atomic E-state index is 11.6. The molecule has 0 saturated heterocycles. The van der Waals surface area contributed by atoms with Crippen LogP contribution < -0.4 is 0 Å². The van der Waals surface area contributed by atoms with Crippen LogP contribution in [0.1, 0.15) is 20.3 Å². The number of hydrogen-bond donors (Lipinski definition) is 0. The Morgan fingerprint density at radius 1 is 1.30 bits per heavy atom. The summed E-state index contributed by atoms with van der Waals surface area (Å²) in [7, 11) is 0. The number of hydrogen-bond acceptors (Lipinski definition) is 6. The minimum Gasteiger partial charge on any atom is -0.466 e. The van der Waals surface area contributed by atoms with Crippen LogP contribution in [0, 0.1) is 0 Å². The van der Waals surface area contributed by atoms with Gasteiger partial charge in [-0.25, -0.2) is 0 Å². The van der Waals surface area contributed by atoms with E-state index in [9.17, 15) is 4.79 Å². The summed E-state index contributed by atoms with van der Waals surface area (Å²) in [5.74, 6) is 0.110. The maximum Gasteiger partial charge on any atom is 0.303 e. The van der Waals surface area contributed by atoms with Crippen molar-refractivity contribution in [1.29, 1.82) is 0 Å². The van der Waals surface area contributed by atoms with Gasteiger partial charge >= 0.3 is 5.97 Å². The van der Waals surface area contributed by atoms with E-state index in [2.05, 4.69) is 0 Å². The number of esters is 1. The summed E-state index contributed by atoms with van der Waals surface area (Å²) in [6, 6.07) is 9.69. The van der Waals surface area contributed by atoms with Crippen molar-refractivity contribution >= 4 is 52.5 Å². The molecule has 0 fully saturated rings. The van der Waals surface area contributed by atoms with Crippen LogP contribution in [0.3, 0.4) is 0 Å². The molecule has 1 aliphatic rings. The number of carbonyl (C=O) groups is 1. The molecule has 0 aliphatic carbocycles. The first kappa shape index (κ1) is 22.7. The third-order valence-electron chi connectivity index (χ3n) is 3.38. The molecule has 0 unspecified atom stereocenters. The van der Waals surface area contributed by atoms with Crippen LogP contribution in [-0.4, -0.2) is 42.0 Å². The molecule has 9 heteroatoms. The second-order valence-electron chi connectivity index (χ2n) is 5.65. The first-order valence-corrected chi connectivity index (χ1v) is 10.3. The average Bonchev–Trinajstić information content (AvgIpc) is 2.57. The van der Waals surface area contributed by atoms with Crippen molar-refractivity contribution in [1.82, 2.24) is 0 Å². The third-order valence-corrected chi connectivity index (χ3v) is 4.92. The second kappa shape index (κ2) is 10.8. The van der Waals surface area contributed by atoms with E-state index in [-0.39, 0.29) is 19.2 Å². The summed E-state index contributed by atoms with van der Waals surface area (Å²) in [4.78, 5) is 13.3. The van der Waals surface area contributed by atoms with E-state index in [0.717, 1.165) is 9.80 Å². The summed E-state index contributed by atoms with van der Waals surface area (Å²) < 4.78 is 21.0. The zero-order chi connectivity index (χ0) is 19.9. The number of halogens is 3. The summed E-state index contributed by atoms with van der Waals surface area (Å²) in [5, 5.41) is 0. The minimum atomic E-state index is -1.53. The van der Waals surface area contributed by atoms with Crippen LogP contribution in [0.15, 0.2) is 45.9 Å². The number of alkyl halides is 3. The molecule has 2 atom stereocenters. The number of rotatable bonds is 8. The third kappa shape index (κ3) is 8.10. The van der Waals surface area contributed by atoms with Crippen molar-refractivity contribution in [2.24, 2.45) is 0 Å². The molecule has 1 aliphatic heterocycles. The van der Waals surface area contributed by atoms with Crippen LogP contribution in [0.4, 0.5) is 0 Å². The van der Waals surface area contributed by atoms with Gasteiger partial charge < -0.3 is 18.9 Å². The van der Waals surface area contributed by atoms with E-state index >= 15 is 0 Å². The predicted molar refractivity (Wildman–Crippen MR) is 107 cm³/mol. The Bertz CT molecular complexity index is 648. The lowest BCUT2D eigenvalue weighted by molar-refractivity contribution is -0.164. The fraction of sp³-hybridized carbons (Fsp3) is 0.500. The lowest BCUT2D eigenvalue weighted by Gasteiger charge is -2.33. The van der Waals surface area contributed by atoms with Gasteiger partial charge in [0, 0.05) is 18.4 Å². The van der Waals surface area contributed by atoms with E-state index in [1.165, 1.54) is 18.7 Å². The molecular weight excluding hydrogens is 435 g/mol. The van der Waals surface area contributed by atoms with Gasteiger partial charge in [-0.05, 0) is 19.1 Å². The van der Waals surface area contributed by atoms with Crippen LogP contribution in [0.5, 0.6) is 0 Å². The highest BCUT2D eigenvalue weighted by molar-refractivity contribution is 8.03. The number of thioether (sulfide) groups is 1. The molecule has 1 heterocycles. The van der Waals surface area contributed by atoms with E-state index in [0.29, 0.717) is 18.8 Å². The molecule has 5 nitrogen and oxygen atoms in total. The fourth-order valence-electron chi connectivity index (χ4n) is 2.42. The molecule has 2 rings (SSSR count). The van der Waals surface area contributed by atoms with Gasteiger partial charge in [-0.2, -0.15) is 0 Å². The van der Waals surface area contributed by atoms with E-state index in [4.69, 9.17) is 53.8 Å². The van der Waals surface area contributed by atoms with E-state index in [1.807, 2.05) is 37.3 Å². The molecule has 0 amide bonds. The Balaban J connectivity index is 2.27. The Labute approximate surface area is 178 Å². The first-order valence-electron chi connectivity index (χ1n) is 8.34. The molecule has 0 saturated carbocycles. The van der Waals surface area contributed by atoms with Gasteiger partial charge in [-0.3, -0.25) is 4.79 Å². The highest BCUT2D eigenvalue weighted by Crippen LogP contribution is 2.39. The van der Waals surface area contributed by atoms with Crippen molar-refractivity contribution in [3.8, 4) is 0 Å². The smallest absolute Gasteiger partial charge is 0.303 e. The van der Waals surface area contributed by atoms with Gasteiger partial charge in [0.05, 0.1) is 17.9 Å². The SMILES string of the molecule is CCO[C@@H]1C[C@@H](OC(C)=O)C(Sc2ccccc2)=C(COCC(Cl)(Cl)Cl)O1. The monoisotopic (exact) mass is 454 g/mol. The zero-order valence-corrected chi connectivity index (χ0v) is 18.0. The van der Waals surface area contributed by atoms with Crippen molar-refractivity contribution in [2.75, 3.05) is 19.8 Å². The molecule has 0 spiro atoms. The van der Waals surface area contributed by atoms with Crippen molar-refractivity contribution in [3.05, 3.63) is 41.0 Å². The molecule has 0 bridgehead atoms. The Morgan fingerprint density at radius 2 is 2.00 bits per heavy atom. The molecule has 1 aromatic carbocycles. The van der Waals surface area contributed by atoms with Crippen LogP contribution >= 0.6 is 46.6 Å². The number of ether oxygens (including phenoxy) is 4. The second-order valence-corrected chi connectivity index (χ2v) is 9.28.